The van der Waals surface area contributed by atoms with Crippen molar-refractivity contribution in [2.75, 3.05) is 18.4 Å². The van der Waals surface area contributed by atoms with Crippen molar-refractivity contribution in [3.05, 3.63) is 90.0 Å². The van der Waals surface area contributed by atoms with Crippen LogP contribution in [0.25, 0.3) is 22.2 Å². The lowest BCUT2D eigenvalue weighted by atomic mass is 9.93. The van der Waals surface area contributed by atoms with Crippen LogP contribution in [0.4, 0.5) is 5.69 Å². The van der Waals surface area contributed by atoms with E-state index in [0.29, 0.717) is 43.6 Å². The number of anilines is 1. The fourth-order valence-corrected chi connectivity index (χ4v) is 7.29. The number of carbonyl (C=O) groups is 5. The van der Waals surface area contributed by atoms with Crippen molar-refractivity contribution in [3.8, 4) is 11.3 Å². The van der Waals surface area contributed by atoms with E-state index in [1.165, 1.54) is 6.92 Å². The van der Waals surface area contributed by atoms with Gasteiger partial charge in [0.1, 0.15) is 11.6 Å². The van der Waals surface area contributed by atoms with Gasteiger partial charge in [0.2, 0.25) is 17.7 Å². The largest absolute Gasteiger partial charge is 0.460 e. The summed E-state index contributed by atoms with van der Waals surface area (Å²) in [5.74, 6) is -1.74. The van der Waals surface area contributed by atoms with E-state index in [0.717, 1.165) is 34.1 Å². The van der Waals surface area contributed by atoms with E-state index >= 15 is 0 Å². The fourth-order valence-electron chi connectivity index (χ4n) is 7.29. The standard InChI is InChI=1S/C41H46N4O6/c1-26(46)44-20-8-12-35(44)37(47)23-27-14-19-33-30(22-27)24-34(43-33)29-15-17-31(18-16-29)42-39(49)36-13-9-21-45(36)40(50)32(28-10-6-5-7-11-28)25-38(48)51-41(2,3)4/h5-7,10-11,14-19,22,24,32,35-36,43H,8-9,12-13,20-21,23,25H2,1-4H3,(H,42,49)/t32-,35-,36-/m0/s1. The number of hydrogen-bond acceptors (Lipinski definition) is 6. The number of likely N-dealkylation sites (tertiary alicyclic amines) is 2. The van der Waals surface area contributed by atoms with E-state index in [1.54, 1.807) is 30.6 Å². The van der Waals surface area contributed by atoms with Crippen molar-refractivity contribution in [2.24, 2.45) is 0 Å². The van der Waals surface area contributed by atoms with Gasteiger partial charge in [-0.15, -0.1) is 0 Å². The van der Waals surface area contributed by atoms with Crippen LogP contribution < -0.4 is 5.32 Å². The molecule has 10 nitrogen and oxygen atoms in total. The number of nitrogens with zero attached hydrogens (tertiary/aromatic N) is 2. The van der Waals surface area contributed by atoms with Crippen LogP contribution in [0.5, 0.6) is 0 Å². The number of ketones is 1. The number of esters is 1. The minimum absolute atomic E-state index is 0.0538. The fraction of sp³-hybridized carbons (Fsp3) is 0.390. The molecule has 0 saturated carbocycles. The van der Waals surface area contributed by atoms with Crippen LogP contribution in [0.15, 0.2) is 78.9 Å². The highest BCUT2D eigenvalue weighted by molar-refractivity contribution is 5.99. The molecule has 0 bridgehead atoms. The van der Waals surface area contributed by atoms with Crippen LogP contribution in [-0.2, 0) is 35.1 Å². The van der Waals surface area contributed by atoms with Crippen molar-refractivity contribution in [1.82, 2.24) is 14.8 Å². The number of nitrogens with one attached hydrogen (secondary N) is 2. The van der Waals surface area contributed by atoms with Crippen molar-refractivity contribution in [2.45, 2.75) is 89.8 Å². The number of rotatable bonds is 10. The second-order valence-corrected chi connectivity index (χ2v) is 14.6. The third-order valence-electron chi connectivity index (χ3n) is 9.69. The van der Waals surface area contributed by atoms with Crippen molar-refractivity contribution >= 4 is 46.1 Å². The van der Waals surface area contributed by atoms with E-state index in [-0.39, 0.29) is 42.4 Å². The highest BCUT2D eigenvalue weighted by Crippen LogP contribution is 2.31. The first kappa shape index (κ1) is 35.6. The average Bonchev–Trinajstić information content (AvgIpc) is 3.87. The van der Waals surface area contributed by atoms with Crippen molar-refractivity contribution < 1.29 is 28.7 Å². The lowest BCUT2D eigenvalue weighted by Gasteiger charge is -2.29. The minimum Gasteiger partial charge on any atom is -0.460 e. The monoisotopic (exact) mass is 690 g/mol. The molecule has 0 radical (unpaired) electrons. The summed E-state index contributed by atoms with van der Waals surface area (Å²) in [7, 11) is 0. The third kappa shape index (κ3) is 8.39. The number of H-pyrrole nitrogens is 1. The molecule has 4 aromatic rings. The van der Waals surface area contributed by atoms with Crippen LogP contribution in [0.1, 0.15) is 76.8 Å². The SMILES string of the molecule is CC(=O)N1CCC[C@H]1C(=O)Cc1ccc2[nH]c(-c3ccc(NC(=O)[C@@H]4CCCN4C(=O)[C@@H](CC(=O)OC(C)(C)C)c4ccccc4)cc3)cc2c1. The maximum Gasteiger partial charge on any atom is 0.307 e. The summed E-state index contributed by atoms with van der Waals surface area (Å²) in [6.07, 6.45) is 2.95. The molecule has 2 aliphatic heterocycles. The van der Waals surface area contributed by atoms with E-state index in [9.17, 15) is 24.0 Å². The Morgan fingerprint density at radius 3 is 2.24 bits per heavy atom. The van der Waals surface area contributed by atoms with E-state index in [4.69, 9.17) is 4.74 Å². The summed E-state index contributed by atoms with van der Waals surface area (Å²) < 4.78 is 5.55. The van der Waals surface area contributed by atoms with Crippen LogP contribution in [0.2, 0.25) is 0 Å². The Bertz CT molecular complexity index is 1930. The number of ether oxygens (including phenoxy) is 1. The quantitative estimate of drug-likeness (QED) is 0.185. The molecule has 2 saturated heterocycles. The number of Topliss-reactive ketones (excluding diaryl/α,β-unsaturated/α-hetero) is 1. The predicted octanol–water partition coefficient (Wildman–Crippen LogP) is 6.40. The Hall–Kier alpha value is -5.25. The lowest BCUT2D eigenvalue weighted by Crippen LogP contribution is -2.45. The zero-order valence-corrected chi connectivity index (χ0v) is 29.7. The Morgan fingerprint density at radius 1 is 0.863 bits per heavy atom. The molecule has 1 aromatic heterocycles. The molecule has 2 N–H and O–H groups in total. The second kappa shape index (κ2) is 14.9. The molecule has 51 heavy (non-hydrogen) atoms. The molecule has 3 atom stereocenters. The summed E-state index contributed by atoms with van der Waals surface area (Å²) in [6.45, 7) is 7.97. The summed E-state index contributed by atoms with van der Waals surface area (Å²) in [5, 5.41) is 3.97. The van der Waals surface area contributed by atoms with Gasteiger partial charge in [0.25, 0.3) is 0 Å². The van der Waals surface area contributed by atoms with Gasteiger partial charge in [-0.1, -0.05) is 48.5 Å². The molecule has 2 aliphatic rings. The average molecular weight is 691 g/mol. The van der Waals surface area contributed by atoms with Crippen molar-refractivity contribution in [3.63, 3.8) is 0 Å². The molecule has 10 heteroatoms. The zero-order chi connectivity index (χ0) is 36.3. The molecule has 0 spiro atoms. The van der Waals surface area contributed by atoms with E-state index in [1.807, 2.05) is 78.9 Å². The number of hydrogen-bond donors (Lipinski definition) is 2. The first-order chi connectivity index (χ1) is 24.4. The molecule has 3 aromatic carbocycles. The van der Waals surface area contributed by atoms with Gasteiger partial charge in [-0.2, -0.15) is 0 Å². The van der Waals surface area contributed by atoms with Crippen molar-refractivity contribution in [1.29, 1.82) is 0 Å². The maximum atomic E-state index is 14.0. The number of amides is 3. The Morgan fingerprint density at radius 2 is 1.55 bits per heavy atom. The normalized spacial score (nSPS) is 18.1. The first-order valence-corrected chi connectivity index (χ1v) is 17.8. The molecule has 0 aliphatic carbocycles. The lowest BCUT2D eigenvalue weighted by molar-refractivity contribution is -0.157. The molecule has 2 fully saturated rings. The van der Waals surface area contributed by atoms with Crippen LogP contribution >= 0.6 is 0 Å². The maximum absolute atomic E-state index is 14.0. The summed E-state index contributed by atoms with van der Waals surface area (Å²) in [5.41, 5.74) is 4.32. The number of fused-ring (bicyclic) bond motifs is 1. The van der Waals surface area contributed by atoms with Gasteiger partial charge < -0.3 is 24.8 Å². The van der Waals surface area contributed by atoms with Gasteiger partial charge in [0.15, 0.2) is 5.78 Å². The Kier molecular flexibility index (Phi) is 10.4. The molecular formula is C41H46N4O6. The Balaban J connectivity index is 1.11. The molecule has 266 valence electrons. The van der Waals surface area contributed by atoms with Crippen LogP contribution in [-0.4, -0.2) is 75.0 Å². The molecule has 3 amide bonds. The van der Waals surface area contributed by atoms with Crippen LogP contribution in [0.3, 0.4) is 0 Å². The number of benzene rings is 3. The van der Waals surface area contributed by atoms with Gasteiger partial charge in [-0.05, 0) is 93.5 Å². The highest BCUT2D eigenvalue weighted by Gasteiger charge is 2.39. The highest BCUT2D eigenvalue weighted by atomic mass is 16.6. The summed E-state index contributed by atoms with van der Waals surface area (Å²) >= 11 is 0. The number of aromatic nitrogens is 1. The third-order valence-corrected chi connectivity index (χ3v) is 9.69. The smallest absolute Gasteiger partial charge is 0.307 e. The van der Waals surface area contributed by atoms with Gasteiger partial charge in [0.05, 0.1) is 18.4 Å². The predicted molar refractivity (Wildman–Crippen MR) is 196 cm³/mol. The topological polar surface area (TPSA) is 129 Å². The van der Waals surface area contributed by atoms with E-state index in [2.05, 4.69) is 10.3 Å². The molecule has 6 rings (SSSR count). The van der Waals surface area contributed by atoms with Crippen LogP contribution in [0, 0.1) is 0 Å². The molecule has 0 unspecified atom stereocenters. The first-order valence-electron chi connectivity index (χ1n) is 17.8. The van der Waals surface area contributed by atoms with Gasteiger partial charge in [-0.3, -0.25) is 24.0 Å². The molecular weight excluding hydrogens is 644 g/mol. The number of carbonyl (C=O) groups excluding carboxylic acids is 5. The minimum atomic E-state index is -0.758. The molecule has 3 heterocycles. The second-order valence-electron chi connectivity index (χ2n) is 14.6. The summed E-state index contributed by atoms with van der Waals surface area (Å²) in [6, 6.07) is 23.7. The zero-order valence-electron chi connectivity index (χ0n) is 29.7. The Labute approximate surface area is 298 Å². The summed E-state index contributed by atoms with van der Waals surface area (Å²) in [4.78, 5) is 72.1. The van der Waals surface area contributed by atoms with Gasteiger partial charge >= 0.3 is 5.97 Å². The van der Waals surface area contributed by atoms with E-state index < -0.39 is 23.5 Å². The van der Waals surface area contributed by atoms with Gasteiger partial charge in [-0.25, -0.2) is 0 Å². The number of aromatic amines is 1. The van der Waals surface area contributed by atoms with Gasteiger partial charge in [0, 0.05) is 48.7 Å².